The van der Waals surface area contributed by atoms with Gasteiger partial charge in [-0.05, 0) is 37.5 Å². The van der Waals surface area contributed by atoms with Gasteiger partial charge in [-0.1, -0.05) is 0 Å². The van der Waals surface area contributed by atoms with Crippen LogP contribution in [0.1, 0.15) is 38.5 Å². The van der Waals surface area contributed by atoms with E-state index in [0.717, 1.165) is 25.7 Å². The maximum atomic E-state index is 11.7. The Balaban J connectivity index is 1.75. The van der Waals surface area contributed by atoms with E-state index >= 15 is 0 Å². The Bertz CT molecular complexity index is 311. The monoisotopic (exact) mass is 240 g/mol. The number of carbonyl (C=O) groups is 2. The van der Waals surface area contributed by atoms with E-state index in [1.165, 1.54) is 0 Å². The summed E-state index contributed by atoms with van der Waals surface area (Å²) >= 11 is 0. The first-order chi connectivity index (χ1) is 8.06. The van der Waals surface area contributed by atoms with Gasteiger partial charge in [0.2, 0.25) is 5.91 Å². The molecule has 0 aromatic rings. The van der Waals surface area contributed by atoms with Crippen LogP contribution in [0.15, 0.2) is 0 Å². The predicted molar refractivity (Wildman–Crippen MR) is 62.2 cm³/mol. The highest BCUT2D eigenvalue weighted by atomic mass is 16.4. The molecule has 0 spiro atoms. The molecule has 2 aliphatic carbocycles. The first kappa shape index (κ1) is 12.4. The maximum Gasteiger partial charge on any atom is 0.305 e. The van der Waals surface area contributed by atoms with Crippen molar-refractivity contribution in [3.05, 3.63) is 0 Å². The molecular weight excluding hydrogens is 220 g/mol. The van der Waals surface area contributed by atoms with Crippen molar-refractivity contribution in [3.8, 4) is 0 Å². The molecule has 1 amide bonds. The van der Waals surface area contributed by atoms with Gasteiger partial charge >= 0.3 is 5.97 Å². The Kier molecular flexibility index (Phi) is 3.66. The molecule has 2 saturated carbocycles. The van der Waals surface area contributed by atoms with Crippen molar-refractivity contribution >= 4 is 11.9 Å². The van der Waals surface area contributed by atoms with Crippen LogP contribution < -0.4 is 11.1 Å². The Morgan fingerprint density at radius 1 is 1.18 bits per heavy atom. The van der Waals surface area contributed by atoms with Crippen LogP contribution in [0.5, 0.6) is 0 Å². The van der Waals surface area contributed by atoms with Crippen LogP contribution in [0.3, 0.4) is 0 Å². The van der Waals surface area contributed by atoms with Crippen LogP contribution in [0.4, 0.5) is 0 Å². The van der Waals surface area contributed by atoms with Gasteiger partial charge < -0.3 is 16.2 Å². The van der Waals surface area contributed by atoms with Crippen molar-refractivity contribution < 1.29 is 14.7 Å². The lowest BCUT2D eigenvalue weighted by Crippen LogP contribution is -2.41. The quantitative estimate of drug-likeness (QED) is 0.603. The zero-order valence-corrected chi connectivity index (χ0v) is 9.89. The summed E-state index contributed by atoms with van der Waals surface area (Å²) in [5.41, 5.74) is 5.87. The lowest BCUT2D eigenvalue weighted by molar-refractivity contribution is -0.137. The van der Waals surface area contributed by atoms with E-state index < -0.39 is 5.97 Å². The molecule has 2 unspecified atom stereocenters. The highest BCUT2D eigenvalue weighted by molar-refractivity contribution is 5.78. The number of carbonyl (C=O) groups excluding carboxylic acids is 1. The summed E-state index contributed by atoms with van der Waals surface area (Å²) in [5, 5.41) is 11.6. The van der Waals surface area contributed by atoms with Crippen molar-refractivity contribution in [1.82, 2.24) is 5.32 Å². The smallest absolute Gasteiger partial charge is 0.305 e. The number of nitrogens with two attached hydrogens (primary N) is 1. The van der Waals surface area contributed by atoms with Crippen LogP contribution in [-0.4, -0.2) is 29.1 Å². The van der Waals surface area contributed by atoms with Crippen LogP contribution in [0.2, 0.25) is 0 Å². The summed E-state index contributed by atoms with van der Waals surface area (Å²) in [6.45, 7) is 0. The molecule has 0 radical (unpaired) electrons. The molecule has 0 bridgehead atoms. The average Bonchev–Trinajstić information content (AvgIpc) is 3.09. The van der Waals surface area contributed by atoms with Gasteiger partial charge in [-0.3, -0.25) is 9.59 Å². The second-order valence-electron chi connectivity index (χ2n) is 5.31. The Morgan fingerprint density at radius 2 is 1.76 bits per heavy atom. The molecule has 2 fully saturated rings. The fraction of sp³-hybridized carbons (Fsp3) is 0.833. The third kappa shape index (κ3) is 4.00. The lowest BCUT2D eigenvalue weighted by atomic mass is 10.1. The SMILES string of the molecule is NC(CC(=O)NC(CC(=O)O)C1CC1)C1CC1. The second-order valence-corrected chi connectivity index (χ2v) is 5.31. The van der Waals surface area contributed by atoms with Gasteiger partial charge in [0.15, 0.2) is 0 Å². The Labute approximate surface area is 101 Å². The molecule has 2 aliphatic rings. The molecule has 17 heavy (non-hydrogen) atoms. The molecule has 0 aromatic heterocycles. The molecule has 2 atom stereocenters. The number of carboxylic acid groups (broad SMARTS) is 1. The van der Waals surface area contributed by atoms with Crippen molar-refractivity contribution in [2.75, 3.05) is 0 Å². The van der Waals surface area contributed by atoms with E-state index in [9.17, 15) is 9.59 Å². The number of rotatable bonds is 7. The fourth-order valence-electron chi connectivity index (χ4n) is 2.19. The number of aliphatic carboxylic acids is 1. The molecule has 0 aromatic carbocycles. The van der Waals surface area contributed by atoms with Crippen LogP contribution in [0, 0.1) is 11.8 Å². The molecule has 0 aliphatic heterocycles. The van der Waals surface area contributed by atoms with Crippen LogP contribution in [0.25, 0.3) is 0 Å². The molecular formula is C12H20N2O3. The third-order valence-electron chi connectivity index (χ3n) is 3.58. The number of carboxylic acids is 1. The summed E-state index contributed by atoms with van der Waals surface area (Å²) in [4.78, 5) is 22.4. The van der Waals surface area contributed by atoms with E-state index in [0.29, 0.717) is 18.3 Å². The minimum Gasteiger partial charge on any atom is -0.481 e. The zero-order valence-electron chi connectivity index (χ0n) is 9.89. The third-order valence-corrected chi connectivity index (χ3v) is 3.58. The van der Waals surface area contributed by atoms with E-state index in [4.69, 9.17) is 10.8 Å². The first-order valence-corrected chi connectivity index (χ1v) is 6.33. The summed E-state index contributed by atoms with van der Waals surface area (Å²) in [6.07, 6.45) is 4.63. The van der Waals surface area contributed by atoms with Gasteiger partial charge in [0.05, 0.1) is 6.42 Å². The van der Waals surface area contributed by atoms with E-state index in [1.807, 2.05) is 0 Å². The first-order valence-electron chi connectivity index (χ1n) is 6.33. The molecule has 5 heteroatoms. The van der Waals surface area contributed by atoms with E-state index in [2.05, 4.69) is 5.32 Å². The van der Waals surface area contributed by atoms with Gasteiger partial charge in [0.25, 0.3) is 0 Å². The van der Waals surface area contributed by atoms with Crippen LogP contribution >= 0.6 is 0 Å². The van der Waals surface area contributed by atoms with Gasteiger partial charge in [0.1, 0.15) is 0 Å². The normalized spacial score (nSPS) is 22.9. The molecule has 5 nitrogen and oxygen atoms in total. The standard InChI is InChI=1S/C12H20N2O3/c13-9(7-1-2-7)5-11(15)14-10(6-12(16)17)8-3-4-8/h7-10H,1-6,13H2,(H,14,15)(H,16,17). The van der Waals surface area contributed by atoms with Gasteiger partial charge in [0, 0.05) is 18.5 Å². The predicted octanol–water partition coefficient (Wildman–Crippen LogP) is 0.483. The number of amides is 1. The molecule has 2 rings (SSSR count). The summed E-state index contributed by atoms with van der Waals surface area (Å²) < 4.78 is 0. The van der Waals surface area contributed by atoms with Gasteiger partial charge in [-0.25, -0.2) is 0 Å². The Hall–Kier alpha value is -1.10. The van der Waals surface area contributed by atoms with Gasteiger partial charge in [-0.15, -0.1) is 0 Å². The zero-order chi connectivity index (χ0) is 12.4. The van der Waals surface area contributed by atoms with E-state index in [-0.39, 0.29) is 24.4 Å². The highest BCUT2D eigenvalue weighted by Gasteiger charge is 2.35. The van der Waals surface area contributed by atoms with E-state index in [1.54, 1.807) is 0 Å². The molecule has 96 valence electrons. The van der Waals surface area contributed by atoms with Crippen molar-refractivity contribution in [2.24, 2.45) is 17.6 Å². The fourth-order valence-corrected chi connectivity index (χ4v) is 2.19. The second kappa shape index (κ2) is 5.04. The molecule has 0 saturated heterocycles. The number of hydrogen-bond acceptors (Lipinski definition) is 3. The topological polar surface area (TPSA) is 92.4 Å². The molecule has 4 N–H and O–H groups in total. The lowest BCUT2D eigenvalue weighted by Gasteiger charge is -2.17. The summed E-state index contributed by atoms with van der Waals surface area (Å²) in [7, 11) is 0. The minimum absolute atomic E-state index is 0.0229. The Morgan fingerprint density at radius 3 is 2.24 bits per heavy atom. The summed E-state index contributed by atoms with van der Waals surface area (Å²) in [6, 6.07) is -0.258. The maximum absolute atomic E-state index is 11.7. The van der Waals surface area contributed by atoms with Crippen LogP contribution in [-0.2, 0) is 9.59 Å². The van der Waals surface area contributed by atoms with Crippen molar-refractivity contribution in [2.45, 2.75) is 50.6 Å². The number of nitrogens with one attached hydrogen (secondary N) is 1. The summed E-state index contributed by atoms with van der Waals surface area (Å²) in [5.74, 6) is -0.0944. The van der Waals surface area contributed by atoms with Crippen molar-refractivity contribution in [3.63, 3.8) is 0 Å². The average molecular weight is 240 g/mol. The number of hydrogen-bond donors (Lipinski definition) is 3. The largest absolute Gasteiger partial charge is 0.481 e. The van der Waals surface area contributed by atoms with Gasteiger partial charge in [-0.2, -0.15) is 0 Å². The minimum atomic E-state index is -0.853. The highest BCUT2D eigenvalue weighted by Crippen LogP contribution is 2.35. The molecule has 0 heterocycles. The van der Waals surface area contributed by atoms with Crippen molar-refractivity contribution in [1.29, 1.82) is 0 Å².